The minimum absolute atomic E-state index is 0.0878. The van der Waals surface area contributed by atoms with Gasteiger partial charge in [-0.3, -0.25) is 4.79 Å². The van der Waals surface area contributed by atoms with Crippen LogP contribution in [0.25, 0.3) is 11.4 Å². The van der Waals surface area contributed by atoms with E-state index in [-0.39, 0.29) is 12.5 Å². The predicted molar refractivity (Wildman–Crippen MR) is 96.1 cm³/mol. The number of nitrogens with one attached hydrogen (secondary N) is 1. The number of halogens is 1. The van der Waals surface area contributed by atoms with Crippen LogP contribution in [-0.4, -0.2) is 16.0 Å². The summed E-state index contributed by atoms with van der Waals surface area (Å²) in [5, 5.41) is 7.42. The maximum absolute atomic E-state index is 12.0. The fourth-order valence-electron chi connectivity index (χ4n) is 2.44. The number of benzene rings is 2. The van der Waals surface area contributed by atoms with E-state index >= 15 is 0 Å². The fourth-order valence-corrected chi connectivity index (χ4v) is 2.67. The van der Waals surface area contributed by atoms with Crippen molar-refractivity contribution in [2.45, 2.75) is 26.3 Å². The Morgan fingerprint density at radius 2 is 2.04 bits per heavy atom. The van der Waals surface area contributed by atoms with Gasteiger partial charge >= 0.3 is 0 Å². The minimum atomic E-state index is -0.0878. The summed E-state index contributed by atoms with van der Waals surface area (Å²) in [6, 6.07) is 15.4. The van der Waals surface area contributed by atoms with Crippen LogP contribution in [0.3, 0.4) is 0 Å². The van der Waals surface area contributed by atoms with Crippen LogP contribution in [0.4, 0.5) is 0 Å². The molecule has 0 atom stereocenters. The third-order valence-electron chi connectivity index (χ3n) is 3.76. The van der Waals surface area contributed by atoms with Crippen molar-refractivity contribution in [3.8, 4) is 11.4 Å². The molecule has 0 radical (unpaired) electrons. The van der Waals surface area contributed by atoms with Crippen molar-refractivity contribution in [1.29, 1.82) is 0 Å². The Balaban J connectivity index is 1.52. The molecule has 3 rings (SSSR count). The van der Waals surface area contributed by atoms with E-state index in [2.05, 4.69) is 15.5 Å². The zero-order valence-corrected chi connectivity index (χ0v) is 14.6. The first-order valence-electron chi connectivity index (χ1n) is 8.01. The average Bonchev–Trinajstić information content (AvgIpc) is 3.08. The highest BCUT2D eigenvalue weighted by molar-refractivity contribution is 6.31. The number of aromatic nitrogens is 2. The first-order valence-corrected chi connectivity index (χ1v) is 8.39. The Morgan fingerprint density at radius 1 is 1.20 bits per heavy atom. The molecule has 6 heteroatoms. The first kappa shape index (κ1) is 17.2. The normalized spacial score (nSPS) is 10.6. The summed E-state index contributed by atoms with van der Waals surface area (Å²) in [5.74, 6) is 0.807. The molecule has 1 N–H and O–H groups in total. The first-order chi connectivity index (χ1) is 12.1. The Kier molecular flexibility index (Phi) is 5.46. The Bertz CT molecular complexity index is 876. The number of amides is 1. The van der Waals surface area contributed by atoms with Crippen molar-refractivity contribution < 1.29 is 9.32 Å². The quantitative estimate of drug-likeness (QED) is 0.727. The number of hydrogen-bond donors (Lipinski definition) is 1. The van der Waals surface area contributed by atoms with E-state index in [9.17, 15) is 4.79 Å². The molecular formula is C19H18ClN3O2. The summed E-state index contributed by atoms with van der Waals surface area (Å²) in [6.45, 7) is 2.21. The SMILES string of the molecule is Cc1cccc(-c2noc(CNC(=O)CCc3ccccc3Cl)n2)c1. The summed E-state index contributed by atoms with van der Waals surface area (Å²) in [4.78, 5) is 16.3. The summed E-state index contributed by atoms with van der Waals surface area (Å²) in [6.07, 6.45) is 0.937. The summed E-state index contributed by atoms with van der Waals surface area (Å²) >= 11 is 6.09. The summed E-state index contributed by atoms with van der Waals surface area (Å²) in [7, 11) is 0. The van der Waals surface area contributed by atoms with Crippen LogP contribution in [0.1, 0.15) is 23.4 Å². The van der Waals surface area contributed by atoms with Crippen LogP contribution in [0.15, 0.2) is 53.1 Å². The minimum Gasteiger partial charge on any atom is -0.347 e. The average molecular weight is 356 g/mol. The van der Waals surface area contributed by atoms with Gasteiger partial charge in [-0.15, -0.1) is 0 Å². The highest BCUT2D eigenvalue weighted by Gasteiger charge is 2.10. The molecule has 0 aliphatic heterocycles. The molecule has 0 aliphatic rings. The van der Waals surface area contributed by atoms with Crippen molar-refractivity contribution in [3.05, 3.63) is 70.6 Å². The van der Waals surface area contributed by atoms with Crippen LogP contribution in [0.2, 0.25) is 5.02 Å². The third kappa shape index (κ3) is 4.67. The van der Waals surface area contributed by atoms with E-state index < -0.39 is 0 Å². The molecule has 0 spiro atoms. The molecule has 0 saturated heterocycles. The van der Waals surface area contributed by atoms with Crippen LogP contribution in [0, 0.1) is 6.92 Å². The number of carbonyl (C=O) groups is 1. The van der Waals surface area contributed by atoms with Crippen LogP contribution >= 0.6 is 11.6 Å². The molecule has 128 valence electrons. The van der Waals surface area contributed by atoms with Gasteiger partial charge < -0.3 is 9.84 Å². The fraction of sp³-hybridized carbons (Fsp3) is 0.211. The molecule has 0 fully saturated rings. The van der Waals surface area contributed by atoms with Crippen LogP contribution in [0.5, 0.6) is 0 Å². The lowest BCUT2D eigenvalue weighted by molar-refractivity contribution is -0.121. The van der Waals surface area contributed by atoms with E-state index in [1.807, 2.05) is 55.5 Å². The number of aryl methyl sites for hydroxylation is 2. The standard InChI is InChI=1S/C19H18ClN3O2/c1-13-5-4-7-15(11-13)19-22-18(25-23-19)12-21-17(24)10-9-14-6-2-3-8-16(14)20/h2-8,11H,9-10,12H2,1H3,(H,21,24). The Hall–Kier alpha value is -2.66. The van der Waals surface area contributed by atoms with E-state index in [0.717, 1.165) is 16.7 Å². The molecule has 25 heavy (non-hydrogen) atoms. The smallest absolute Gasteiger partial charge is 0.246 e. The summed E-state index contributed by atoms with van der Waals surface area (Å²) in [5.41, 5.74) is 2.97. The number of hydrogen-bond acceptors (Lipinski definition) is 4. The van der Waals surface area contributed by atoms with Crippen molar-refractivity contribution in [2.75, 3.05) is 0 Å². The summed E-state index contributed by atoms with van der Waals surface area (Å²) < 4.78 is 5.19. The molecule has 5 nitrogen and oxygen atoms in total. The van der Waals surface area contributed by atoms with Gasteiger partial charge in [0.25, 0.3) is 0 Å². The Labute approximate surface area is 151 Å². The molecule has 3 aromatic rings. The highest BCUT2D eigenvalue weighted by Crippen LogP contribution is 2.17. The van der Waals surface area contributed by atoms with Gasteiger partial charge in [0.2, 0.25) is 17.6 Å². The van der Waals surface area contributed by atoms with Crippen molar-refractivity contribution in [1.82, 2.24) is 15.5 Å². The van der Waals surface area contributed by atoms with E-state index in [1.54, 1.807) is 0 Å². The molecule has 2 aromatic carbocycles. The van der Waals surface area contributed by atoms with Crippen LogP contribution < -0.4 is 5.32 Å². The topological polar surface area (TPSA) is 68.0 Å². The van der Waals surface area contributed by atoms with E-state index in [4.69, 9.17) is 16.1 Å². The lowest BCUT2D eigenvalue weighted by Gasteiger charge is -2.04. The van der Waals surface area contributed by atoms with Gasteiger partial charge in [-0.2, -0.15) is 4.98 Å². The zero-order valence-electron chi connectivity index (χ0n) is 13.8. The van der Waals surface area contributed by atoms with Gasteiger partial charge in [0.15, 0.2) is 0 Å². The van der Waals surface area contributed by atoms with Gasteiger partial charge in [-0.1, -0.05) is 58.7 Å². The van der Waals surface area contributed by atoms with Crippen molar-refractivity contribution in [2.24, 2.45) is 0 Å². The van der Waals surface area contributed by atoms with Gasteiger partial charge in [0, 0.05) is 17.0 Å². The van der Waals surface area contributed by atoms with Gasteiger partial charge in [-0.25, -0.2) is 0 Å². The lowest BCUT2D eigenvalue weighted by atomic mass is 10.1. The van der Waals surface area contributed by atoms with Gasteiger partial charge in [0.05, 0.1) is 6.54 Å². The number of carbonyl (C=O) groups excluding carboxylic acids is 1. The monoisotopic (exact) mass is 355 g/mol. The third-order valence-corrected chi connectivity index (χ3v) is 4.13. The van der Waals surface area contributed by atoms with Crippen molar-refractivity contribution in [3.63, 3.8) is 0 Å². The van der Waals surface area contributed by atoms with Crippen LogP contribution in [-0.2, 0) is 17.8 Å². The van der Waals surface area contributed by atoms with E-state index in [0.29, 0.717) is 29.6 Å². The number of nitrogens with zero attached hydrogens (tertiary/aromatic N) is 2. The maximum Gasteiger partial charge on any atom is 0.246 e. The number of rotatable bonds is 6. The van der Waals surface area contributed by atoms with E-state index in [1.165, 1.54) is 0 Å². The highest BCUT2D eigenvalue weighted by atomic mass is 35.5. The van der Waals surface area contributed by atoms with Crippen molar-refractivity contribution >= 4 is 17.5 Å². The molecule has 1 aromatic heterocycles. The zero-order chi connectivity index (χ0) is 17.6. The largest absolute Gasteiger partial charge is 0.347 e. The molecule has 0 saturated carbocycles. The predicted octanol–water partition coefficient (Wildman–Crippen LogP) is 3.95. The maximum atomic E-state index is 12.0. The second kappa shape index (κ2) is 7.94. The lowest BCUT2D eigenvalue weighted by Crippen LogP contribution is -2.23. The molecule has 0 aliphatic carbocycles. The van der Waals surface area contributed by atoms with Gasteiger partial charge in [0.1, 0.15) is 0 Å². The second-order valence-electron chi connectivity index (χ2n) is 5.75. The molecule has 0 unspecified atom stereocenters. The Morgan fingerprint density at radius 3 is 2.84 bits per heavy atom. The molecule has 1 amide bonds. The molecule has 0 bridgehead atoms. The molecular weight excluding hydrogens is 338 g/mol. The second-order valence-corrected chi connectivity index (χ2v) is 6.16. The molecule has 1 heterocycles. The van der Waals surface area contributed by atoms with Gasteiger partial charge in [-0.05, 0) is 31.0 Å².